The van der Waals surface area contributed by atoms with Crippen molar-refractivity contribution in [2.24, 2.45) is 11.8 Å². The van der Waals surface area contributed by atoms with Crippen LogP contribution in [0.4, 0.5) is 5.69 Å². The van der Waals surface area contributed by atoms with Crippen LogP contribution in [0, 0.1) is 18.8 Å². The lowest BCUT2D eigenvalue weighted by Gasteiger charge is -2.51. The Labute approximate surface area is 184 Å². The zero-order chi connectivity index (χ0) is 21.5. The first kappa shape index (κ1) is 18.5. The lowest BCUT2D eigenvalue weighted by Crippen LogP contribution is -2.54. The van der Waals surface area contributed by atoms with E-state index in [0.717, 1.165) is 34.1 Å². The van der Waals surface area contributed by atoms with E-state index in [1.54, 1.807) is 18.2 Å². The number of halogens is 1. The highest BCUT2D eigenvalue weighted by Gasteiger charge is 2.68. The van der Waals surface area contributed by atoms with Crippen molar-refractivity contribution in [3.8, 4) is 0 Å². The molecule has 3 aromatic carbocycles. The molecule has 1 fully saturated rings. The fourth-order valence-electron chi connectivity index (χ4n) is 6.09. The molecule has 7 rings (SSSR count). The van der Waals surface area contributed by atoms with Crippen LogP contribution in [-0.4, -0.2) is 18.1 Å². The maximum Gasteiger partial charge on any atom is 0.239 e. The Balaban J connectivity index is 1.66. The highest BCUT2D eigenvalue weighted by atomic mass is 35.5. The predicted octanol–water partition coefficient (Wildman–Crippen LogP) is 4.40. The number of carbonyl (C=O) groups excluding carboxylic acids is 3. The number of carbonyl (C=O) groups is 3. The van der Waals surface area contributed by atoms with Gasteiger partial charge in [0.2, 0.25) is 11.8 Å². The molecule has 4 aliphatic rings. The number of imide groups is 1. The Kier molecular flexibility index (Phi) is 3.67. The smallest absolute Gasteiger partial charge is 0.239 e. The molecule has 1 saturated heterocycles. The van der Waals surface area contributed by atoms with Gasteiger partial charge in [-0.2, -0.15) is 0 Å². The van der Waals surface area contributed by atoms with Gasteiger partial charge in [0.25, 0.3) is 0 Å². The molecule has 0 unspecified atom stereocenters. The van der Waals surface area contributed by atoms with Crippen molar-refractivity contribution in [1.82, 2.24) is 0 Å². The van der Waals surface area contributed by atoms with E-state index in [4.69, 9.17) is 11.6 Å². The summed E-state index contributed by atoms with van der Waals surface area (Å²) in [7, 11) is 0. The highest BCUT2D eigenvalue weighted by molar-refractivity contribution is 6.31. The molecule has 2 atom stereocenters. The van der Waals surface area contributed by atoms with E-state index in [1.807, 2.05) is 55.5 Å². The van der Waals surface area contributed by atoms with Gasteiger partial charge in [-0.15, -0.1) is 0 Å². The second kappa shape index (κ2) is 6.14. The Bertz CT molecular complexity index is 1270. The third kappa shape index (κ3) is 2.08. The van der Waals surface area contributed by atoms with E-state index in [0.29, 0.717) is 10.7 Å². The number of benzene rings is 3. The molecule has 0 saturated carbocycles. The summed E-state index contributed by atoms with van der Waals surface area (Å²) in [5.74, 6) is -2.26. The molecule has 31 heavy (non-hydrogen) atoms. The minimum atomic E-state index is -1.18. The number of nitrogens with zero attached hydrogens (tertiary/aromatic N) is 1. The molecule has 3 aromatic rings. The molecule has 5 heteroatoms. The van der Waals surface area contributed by atoms with Crippen LogP contribution in [0.1, 0.15) is 33.7 Å². The van der Waals surface area contributed by atoms with Gasteiger partial charge in [0.15, 0.2) is 0 Å². The summed E-state index contributed by atoms with van der Waals surface area (Å²) >= 11 is 6.21. The minimum absolute atomic E-state index is 0.263. The zero-order valence-electron chi connectivity index (χ0n) is 16.7. The number of aldehydes is 1. The van der Waals surface area contributed by atoms with Crippen LogP contribution in [0.3, 0.4) is 0 Å². The first-order valence-electron chi connectivity index (χ1n) is 10.3. The number of aryl methyl sites for hydroxylation is 1. The molecule has 3 aliphatic carbocycles. The molecule has 1 aliphatic heterocycles. The Morgan fingerprint density at radius 3 is 2.13 bits per heavy atom. The summed E-state index contributed by atoms with van der Waals surface area (Å²) in [5, 5.41) is 0.454. The standard InChI is InChI=1S/C26H18ClNO3/c1-14-10-11-15(27)12-20(14)28-24(30)22-21-16-6-2-4-8-18(16)26(13-29,23(22)25(28)31)19-9-5-3-7-17(19)21/h2-13,21-23H,1H3/t21?,22-,23+,26?/m0/s1. The van der Waals surface area contributed by atoms with Gasteiger partial charge in [0, 0.05) is 10.9 Å². The van der Waals surface area contributed by atoms with Crippen molar-refractivity contribution in [3.05, 3.63) is 99.6 Å². The lowest BCUT2D eigenvalue weighted by atomic mass is 9.48. The predicted molar refractivity (Wildman–Crippen MR) is 117 cm³/mol. The van der Waals surface area contributed by atoms with Gasteiger partial charge < -0.3 is 4.79 Å². The fraction of sp³-hybridized carbons (Fsp3) is 0.192. The maximum atomic E-state index is 13.9. The van der Waals surface area contributed by atoms with Crippen molar-refractivity contribution in [1.29, 1.82) is 0 Å². The summed E-state index contributed by atoms with van der Waals surface area (Å²) in [6.07, 6.45) is 0.886. The van der Waals surface area contributed by atoms with E-state index >= 15 is 0 Å². The van der Waals surface area contributed by atoms with Crippen LogP contribution in [0.25, 0.3) is 0 Å². The van der Waals surface area contributed by atoms with E-state index in [1.165, 1.54) is 4.90 Å². The second-order valence-corrected chi connectivity index (χ2v) is 9.02. The molecule has 1 heterocycles. The molecule has 0 aromatic heterocycles. The first-order chi connectivity index (χ1) is 15.0. The molecular weight excluding hydrogens is 410 g/mol. The van der Waals surface area contributed by atoms with E-state index in [9.17, 15) is 14.4 Å². The molecule has 0 N–H and O–H groups in total. The Morgan fingerprint density at radius 2 is 1.52 bits per heavy atom. The normalized spacial score (nSPS) is 27.7. The lowest BCUT2D eigenvalue weighted by molar-refractivity contribution is -0.128. The number of rotatable bonds is 2. The van der Waals surface area contributed by atoms with E-state index < -0.39 is 17.3 Å². The monoisotopic (exact) mass is 427 g/mol. The number of hydrogen-bond donors (Lipinski definition) is 0. The van der Waals surface area contributed by atoms with Crippen LogP contribution < -0.4 is 4.90 Å². The van der Waals surface area contributed by atoms with Crippen molar-refractivity contribution in [2.45, 2.75) is 18.3 Å². The summed E-state index contributed by atoms with van der Waals surface area (Å²) in [6, 6.07) is 20.6. The molecule has 4 nitrogen and oxygen atoms in total. The summed E-state index contributed by atoms with van der Waals surface area (Å²) in [6.45, 7) is 1.85. The van der Waals surface area contributed by atoms with Gasteiger partial charge in [-0.05, 0) is 46.9 Å². The maximum absolute atomic E-state index is 13.9. The molecule has 152 valence electrons. The van der Waals surface area contributed by atoms with Gasteiger partial charge in [0.1, 0.15) is 6.29 Å². The molecule has 0 radical (unpaired) electrons. The van der Waals surface area contributed by atoms with E-state index in [-0.39, 0.29) is 17.7 Å². The third-order valence-electron chi connectivity index (χ3n) is 7.28. The summed E-state index contributed by atoms with van der Waals surface area (Å²) in [4.78, 5) is 41.9. The van der Waals surface area contributed by atoms with Crippen LogP contribution in [0.15, 0.2) is 66.7 Å². The number of anilines is 1. The van der Waals surface area contributed by atoms with E-state index in [2.05, 4.69) is 0 Å². The van der Waals surface area contributed by atoms with Crippen LogP contribution in [0.5, 0.6) is 0 Å². The summed E-state index contributed by atoms with van der Waals surface area (Å²) in [5.41, 5.74) is 3.68. The fourth-order valence-corrected chi connectivity index (χ4v) is 6.26. The second-order valence-electron chi connectivity index (χ2n) is 8.59. The van der Waals surface area contributed by atoms with Crippen molar-refractivity contribution < 1.29 is 14.4 Å². The summed E-state index contributed by atoms with van der Waals surface area (Å²) < 4.78 is 0. The number of hydrogen-bond acceptors (Lipinski definition) is 3. The Morgan fingerprint density at radius 1 is 0.903 bits per heavy atom. The van der Waals surface area contributed by atoms with Crippen LogP contribution in [0.2, 0.25) is 5.02 Å². The van der Waals surface area contributed by atoms with Gasteiger partial charge in [0.05, 0.1) is 22.9 Å². The quantitative estimate of drug-likeness (QED) is 0.450. The zero-order valence-corrected chi connectivity index (χ0v) is 17.5. The average Bonchev–Trinajstić information content (AvgIpc) is 3.06. The molecule has 2 amide bonds. The number of amides is 2. The molecular formula is C26H18ClNO3. The van der Waals surface area contributed by atoms with Crippen molar-refractivity contribution >= 4 is 35.4 Å². The van der Waals surface area contributed by atoms with Gasteiger partial charge >= 0.3 is 0 Å². The highest BCUT2D eigenvalue weighted by Crippen LogP contribution is 2.63. The van der Waals surface area contributed by atoms with Crippen LogP contribution in [-0.2, 0) is 19.8 Å². The topological polar surface area (TPSA) is 54.5 Å². The largest absolute Gasteiger partial charge is 0.302 e. The SMILES string of the molecule is Cc1ccc(Cl)cc1N1C(=O)[C@H]2C3c4ccccc4C(C=O)(c4ccccc43)[C@H]2C1=O. The Hall–Kier alpha value is -3.24. The van der Waals surface area contributed by atoms with Gasteiger partial charge in [-0.25, -0.2) is 4.90 Å². The molecule has 0 spiro atoms. The van der Waals surface area contributed by atoms with Crippen molar-refractivity contribution in [2.75, 3.05) is 4.90 Å². The third-order valence-corrected chi connectivity index (χ3v) is 7.52. The molecule has 2 bridgehead atoms. The average molecular weight is 428 g/mol. The van der Waals surface area contributed by atoms with Gasteiger partial charge in [-0.3, -0.25) is 9.59 Å². The van der Waals surface area contributed by atoms with Crippen LogP contribution >= 0.6 is 11.6 Å². The van der Waals surface area contributed by atoms with Gasteiger partial charge in [-0.1, -0.05) is 66.2 Å². The minimum Gasteiger partial charge on any atom is -0.302 e. The van der Waals surface area contributed by atoms with Crippen molar-refractivity contribution in [3.63, 3.8) is 0 Å². The first-order valence-corrected chi connectivity index (χ1v) is 10.7.